The number of aliphatic hydroxyl groups excluding tert-OH is 2. The van der Waals surface area contributed by atoms with Crippen LogP contribution in [0.25, 0.3) is 0 Å². The summed E-state index contributed by atoms with van der Waals surface area (Å²) in [6, 6.07) is -1.60. The summed E-state index contributed by atoms with van der Waals surface area (Å²) in [5, 5.41) is 55.6. The van der Waals surface area contributed by atoms with Gasteiger partial charge in [0.15, 0.2) is 23.7 Å². The summed E-state index contributed by atoms with van der Waals surface area (Å²) in [6.45, 7) is 1.31. The van der Waals surface area contributed by atoms with Crippen LogP contribution >= 0.6 is 0 Å². The average molecular weight is 786 g/mol. The van der Waals surface area contributed by atoms with E-state index in [-0.39, 0.29) is 70.5 Å². The number of ketones is 2. The minimum atomic E-state index is -2.58. The third-order valence-electron chi connectivity index (χ3n) is 11.9. The predicted octanol–water partition coefficient (Wildman–Crippen LogP) is 1.35. The second-order valence-corrected chi connectivity index (χ2v) is 15.0. The maximum absolute atomic E-state index is 17.4. The highest BCUT2D eigenvalue weighted by Gasteiger charge is 2.76. The fourth-order valence-electron chi connectivity index (χ4n) is 8.99. The van der Waals surface area contributed by atoms with Gasteiger partial charge in [-0.15, -0.1) is 20.2 Å². The highest BCUT2D eigenvalue weighted by atomic mass is 19.1. The lowest BCUT2D eigenvalue weighted by Crippen LogP contribution is -2.69. The summed E-state index contributed by atoms with van der Waals surface area (Å²) in [7, 11) is 0. The fraction of sp³-hybridized carbons (Fsp3) is 0.743. The molecule has 4 aliphatic carbocycles. The van der Waals surface area contributed by atoms with Crippen LogP contribution in [0, 0.1) is 42.9 Å². The van der Waals surface area contributed by atoms with Crippen molar-refractivity contribution in [2.75, 3.05) is 26.4 Å². The highest BCUT2D eigenvalue weighted by molar-refractivity contribution is 6.01. The summed E-state index contributed by atoms with van der Waals surface area (Å²) in [5.74, 6) is -6.06. The maximum atomic E-state index is 17.4. The van der Waals surface area contributed by atoms with Gasteiger partial charge in [-0.05, 0) is 76.4 Å². The molecule has 0 saturated heterocycles. The van der Waals surface area contributed by atoms with Crippen LogP contribution in [-0.4, -0.2) is 111 Å². The molecule has 0 aromatic carbocycles. The number of allylic oxidation sites excluding steroid dienone is 4. The monoisotopic (exact) mass is 785 g/mol. The predicted molar refractivity (Wildman–Crippen MR) is 182 cm³/mol. The van der Waals surface area contributed by atoms with Crippen molar-refractivity contribution in [2.45, 2.75) is 114 Å². The molecule has 0 aliphatic heterocycles. The van der Waals surface area contributed by atoms with Gasteiger partial charge in [-0.25, -0.2) is 9.18 Å². The zero-order valence-corrected chi connectivity index (χ0v) is 30.6. The van der Waals surface area contributed by atoms with Crippen molar-refractivity contribution in [3.05, 3.63) is 44.0 Å². The van der Waals surface area contributed by atoms with Crippen LogP contribution in [0.3, 0.4) is 0 Å². The molecule has 55 heavy (non-hydrogen) atoms. The van der Waals surface area contributed by atoms with E-state index < -0.39 is 105 Å². The molecule has 0 aromatic rings. The Kier molecular flexibility index (Phi) is 13.7. The maximum Gasteiger partial charge on any atom is 0.329 e. The van der Waals surface area contributed by atoms with E-state index in [1.54, 1.807) is 6.92 Å². The third-order valence-corrected chi connectivity index (χ3v) is 11.9. The van der Waals surface area contributed by atoms with Crippen molar-refractivity contribution in [1.29, 1.82) is 0 Å². The number of amides is 1. The minimum Gasteiger partial charge on any atom is -0.464 e. The molecule has 0 spiro atoms. The Morgan fingerprint density at radius 3 is 2.25 bits per heavy atom. The van der Waals surface area contributed by atoms with Crippen LogP contribution in [0.2, 0.25) is 0 Å². The lowest BCUT2D eigenvalue weighted by Gasteiger charge is -2.62. The normalized spacial score (nSPS) is 32.5. The number of ether oxygens (including phenoxy) is 2. The van der Waals surface area contributed by atoms with E-state index in [2.05, 4.69) is 15.0 Å². The first-order chi connectivity index (χ1) is 25.8. The Hall–Kier alpha value is -4.56. The van der Waals surface area contributed by atoms with Gasteiger partial charge in [0.25, 0.3) is 10.2 Å². The standard InChI is InChI=1S/C35H48FN3O16/c1-32-12-11-22(40)16-21(32)9-10-23-24-17-26(41)35(47,33(24,2)19-27(42)34(23,32)36)28(43)20-53-30(45)18-25(31(46)52-13-6-7-15-55-39(50)51)37-29(44)8-4-3-5-14-54-38(48)49/h11-12,16,23-27,41-42,47H,3-10,13-15,17-20H2,1-2H3,(H,37,44)/t23-,24-,25?,26+,27-,32-,33-,34-,35-/m0/s1. The van der Waals surface area contributed by atoms with Crippen LogP contribution in [0.5, 0.6) is 0 Å². The zero-order chi connectivity index (χ0) is 40.8. The molecule has 0 radical (unpaired) electrons. The highest BCUT2D eigenvalue weighted by Crippen LogP contribution is 2.69. The minimum absolute atomic E-state index is 0.138. The molecule has 4 aliphatic rings. The quantitative estimate of drug-likeness (QED) is 0.0586. The third kappa shape index (κ3) is 8.80. The molecule has 9 atom stereocenters. The van der Waals surface area contributed by atoms with Crippen LogP contribution in [0.15, 0.2) is 23.8 Å². The number of nitrogens with one attached hydrogen (secondary N) is 1. The number of carbonyl (C=O) groups excluding carboxylic acids is 5. The van der Waals surface area contributed by atoms with Gasteiger partial charge in [-0.1, -0.05) is 25.0 Å². The van der Waals surface area contributed by atoms with E-state index in [4.69, 9.17) is 9.47 Å². The number of unbranched alkanes of at least 4 members (excludes halogenated alkanes) is 3. The lowest BCUT2D eigenvalue weighted by atomic mass is 9.44. The van der Waals surface area contributed by atoms with Gasteiger partial charge in [-0.3, -0.25) is 19.2 Å². The van der Waals surface area contributed by atoms with Crippen LogP contribution in [0.4, 0.5) is 4.39 Å². The molecular formula is C35H48FN3O16. The molecule has 306 valence electrons. The van der Waals surface area contributed by atoms with Gasteiger partial charge in [0.05, 0.1) is 38.4 Å². The van der Waals surface area contributed by atoms with Crippen molar-refractivity contribution < 1.29 is 73.0 Å². The Balaban J connectivity index is 1.40. The first-order valence-electron chi connectivity index (χ1n) is 18.2. The second-order valence-electron chi connectivity index (χ2n) is 15.0. The van der Waals surface area contributed by atoms with Gasteiger partial charge in [0, 0.05) is 23.2 Å². The van der Waals surface area contributed by atoms with Crippen molar-refractivity contribution in [3.8, 4) is 0 Å². The Labute approximate surface area is 314 Å². The van der Waals surface area contributed by atoms with Crippen LogP contribution in [0.1, 0.15) is 84.5 Å². The first kappa shape index (κ1) is 43.2. The van der Waals surface area contributed by atoms with E-state index in [0.717, 1.165) is 0 Å². The van der Waals surface area contributed by atoms with Crippen LogP contribution < -0.4 is 5.32 Å². The SMILES string of the molecule is C[C@]12C=CC(=O)C=C1CC[C@H]1[C@@H]3C[C@@H](O)[C@](O)(C(=O)COC(=O)CC(NC(=O)CCCCCO[N+](=O)[O-])C(=O)OCCCCO[N+](=O)[O-])[C@@]3(C)C[C@H](O)[C@@]12F. The van der Waals surface area contributed by atoms with Gasteiger partial charge < -0.3 is 39.8 Å². The molecule has 0 heterocycles. The van der Waals surface area contributed by atoms with Gasteiger partial charge in [0.1, 0.15) is 6.04 Å². The lowest BCUT2D eigenvalue weighted by molar-refractivity contribution is -0.757. The van der Waals surface area contributed by atoms with Crippen molar-refractivity contribution >= 4 is 29.4 Å². The number of hydrogen-bond acceptors (Lipinski definition) is 16. The van der Waals surface area contributed by atoms with Crippen LogP contribution in [-0.2, 0) is 43.1 Å². The molecule has 20 heteroatoms. The number of nitrogens with zero attached hydrogens (tertiary/aromatic N) is 2. The summed E-state index contributed by atoms with van der Waals surface area (Å²) in [6.07, 6.45) is 0.666. The second kappa shape index (κ2) is 17.5. The Bertz CT molecular complexity index is 1590. The molecule has 3 fully saturated rings. The molecule has 19 nitrogen and oxygen atoms in total. The number of rotatable bonds is 20. The Morgan fingerprint density at radius 1 is 0.964 bits per heavy atom. The van der Waals surface area contributed by atoms with E-state index in [1.165, 1.54) is 25.2 Å². The topological polar surface area (TPSA) is 281 Å². The Morgan fingerprint density at radius 2 is 1.60 bits per heavy atom. The van der Waals surface area contributed by atoms with Crippen molar-refractivity contribution in [3.63, 3.8) is 0 Å². The molecule has 4 rings (SSSR count). The summed E-state index contributed by atoms with van der Waals surface area (Å²) < 4.78 is 27.6. The average Bonchev–Trinajstić information content (AvgIpc) is 3.31. The largest absolute Gasteiger partial charge is 0.464 e. The molecule has 0 bridgehead atoms. The molecular weight excluding hydrogens is 737 g/mol. The van der Waals surface area contributed by atoms with Gasteiger partial charge in [-0.2, -0.15) is 0 Å². The van der Waals surface area contributed by atoms with E-state index in [9.17, 15) is 59.5 Å². The summed E-state index contributed by atoms with van der Waals surface area (Å²) in [5.41, 5.74) is -7.25. The summed E-state index contributed by atoms with van der Waals surface area (Å²) in [4.78, 5) is 93.3. The van der Waals surface area contributed by atoms with E-state index >= 15 is 4.39 Å². The number of aliphatic hydroxyl groups is 3. The molecule has 3 saturated carbocycles. The van der Waals surface area contributed by atoms with Crippen molar-refractivity contribution in [2.24, 2.45) is 22.7 Å². The number of carbonyl (C=O) groups is 5. The molecule has 0 aromatic heterocycles. The number of fused-ring (bicyclic) bond motifs is 5. The smallest absolute Gasteiger partial charge is 0.329 e. The van der Waals surface area contributed by atoms with Gasteiger partial charge >= 0.3 is 11.9 Å². The molecule has 4 N–H and O–H groups in total. The summed E-state index contributed by atoms with van der Waals surface area (Å²) >= 11 is 0. The van der Waals surface area contributed by atoms with E-state index in [1.807, 2.05) is 0 Å². The van der Waals surface area contributed by atoms with E-state index in [0.29, 0.717) is 18.4 Å². The molecule has 1 amide bonds. The number of esters is 2. The number of alkyl halides is 1. The molecule has 1 unspecified atom stereocenters. The number of hydrogen-bond donors (Lipinski definition) is 4. The zero-order valence-electron chi connectivity index (χ0n) is 30.6. The van der Waals surface area contributed by atoms with Gasteiger partial charge in [0.2, 0.25) is 11.7 Å². The first-order valence-corrected chi connectivity index (χ1v) is 18.2. The number of halogens is 1. The number of Topliss-reactive ketones (excluding diaryl/α,β-unsaturated/α-hetero) is 1. The fourth-order valence-corrected chi connectivity index (χ4v) is 8.99. The van der Waals surface area contributed by atoms with Crippen molar-refractivity contribution in [1.82, 2.24) is 5.32 Å².